The molecule has 1 unspecified atom stereocenters. The van der Waals surface area contributed by atoms with Crippen molar-refractivity contribution in [3.63, 3.8) is 0 Å². The van der Waals surface area contributed by atoms with Gasteiger partial charge in [0, 0.05) is 6.61 Å². The van der Waals surface area contributed by atoms with Crippen LogP contribution < -0.4 is 0 Å². The number of carboxylic acids is 2. The van der Waals surface area contributed by atoms with Crippen molar-refractivity contribution in [3.8, 4) is 0 Å². The molecule has 1 saturated heterocycles. The van der Waals surface area contributed by atoms with E-state index in [1.807, 2.05) is 0 Å². The first kappa shape index (κ1) is 12.5. The molecular formula is C10H13N3O5. The lowest BCUT2D eigenvalue weighted by atomic mass is 10.1. The molecule has 0 radical (unpaired) electrons. The molecule has 1 fully saturated rings. The SMILES string of the molecule is O=C(O)CCn1nnc(C(=O)O)c1C1CCCO1. The van der Waals surface area contributed by atoms with Gasteiger partial charge in [0.2, 0.25) is 0 Å². The number of nitrogens with zero attached hydrogens (tertiary/aromatic N) is 3. The largest absolute Gasteiger partial charge is 0.481 e. The van der Waals surface area contributed by atoms with Crippen LogP contribution in [0.3, 0.4) is 0 Å². The zero-order chi connectivity index (χ0) is 13.1. The molecule has 2 rings (SSSR count). The standard InChI is InChI=1S/C10H13N3O5/c14-7(15)3-4-13-9(6-2-1-5-18-6)8(10(16)17)11-12-13/h6H,1-5H2,(H,14,15)(H,16,17). The molecule has 1 atom stereocenters. The van der Waals surface area contributed by atoms with Gasteiger partial charge in [-0.15, -0.1) is 5.10 Å². The lowest BCUT2D eigenvalue weighted by Gasteiger charge is -2.11. The molecule has 0 bridgehead atoms. The van der Waals surface area contributed by atoms with E-state index in [0.717, 1.165) is 6.42 Å². The zero-order valence-corrected chi connectivity index (χ0v) is 9.57. The maximum Gasteiger partial charge on any atom is 0.358 e. The summed E-state index contributed by atoms with van der Waals surface area (Å²) in [4.78, 5) is 21.6. The molecule has 0 spiro atoms. The zero-order valence-electron chi connectivity index (χ0n) is 9.57. The van der Waals surface area contributed by atoms with E-state index >= 15 is 0 Å². The Morgan fingerprint density at radius 2 is 2.22 bits per heavy atom. The molecule has 8 nitrogen and oxygen atoms in total. The van der Waals surface area contributed by atoms with Crippen LogP contribution in [0.4, 0.5) is 0 Å². The lowest BCUT2D eigenvalue weighted by Crippen LogP contribution is -2.14. The molecule has 98 valence electrons. The minimum Gasteiger partial charge on any atom is -0.481 e. The quantitative estimate of drug-likeness (QED) is 0.777. The number of rotatable bonds is 5. The number of aromatic nitrogens is 3. The van der Waals surface area contributed by atoms with Gasteiger partial charge >= 0.3 is 11.9 Å². The van der Waals surface area contributed by atoms with Gasteiger partial charge in [-0.3, -0.25) is 4.79 Å². The topological polar surface area (TPSA) is 115 Å². The van der Waals surface area contributed by atoms with Gasteiger partial charge in [-0.05, 0) is 12.8 Å². The van der Waals surface area contributed by atoms with Crippen LogP contribution in [0.15, 0.2) is 0 Å². The Labute approximate surface area is 102 Å². The van der Waals surface area contributed by atoms with Crippen LogP contribution in [0.2, 0.25) is 0 Å². The van der Waals surface area contributed by atoms with E-state index in [9.17, 15) is 9.59 Å². The fraction of sp³-hybridized carbons (Fsp3) is 0.600. The van der Waals surface area contributed by atoms with Crippen LogP contribution in [-0.4, -0.2) is 43.8 Å². The predicted molar refractivity (Wildman–Crippen MR) is 57.2 cm³/mol. The highest BCUT2D eigenvalue weighted by molar-refractivity contribution is 5.86. The summed E-state index contributed by atoms with van der Waals surface area (Å²) in [5.41, 5.74) is 0.202. The van der Waals surface area contributed by atoms with Gasteiger partial charge in [0.25, 0.3) is 0 Å². The first-order valence-corrected chi connectivity index (χ1v) is 5.59. The highest BCUT2D eigenvalue weighted by atomic mass is 16.5. The Hall–Kier alpha value is -1.96. The average molecular weight is 255 g/mol. The van der Waals surface area contributed by atoms with Gasteiger partial charge in [0.15, 0.2) is 5.69 Å². The molecule has 1 aromatic heterocycles. The lowest BCUT2D eigenvalue weighted by molar-refractivity contribution is -0.137. The highest BCUT2D eigenvalue weighted by Gasteiger charge is 2.29. The van der Waals surface area contributed by atoms with E-state index in [1.165, 1.54) is 4.68 Å². The molecule has 0 saturated carbocycles. The van der Waals surface area contributed by atoms with Gasteiger partial charge in [-0.1, -0.05) is 5.21 Å². The summed E-state index contributed by atoms with van der Waals surface area (Å²) < 4.78 is 6.74. The third-order valence-electron chi connectivity index (χ3n) is 2.75. The highest BCUT2D eigenvalue weighted by Crippen LogP contribution is 2.30. The smallest absolute Gasteiger partial charge is 0.358 e. The van der Waals surface area contributed by atoms with Crippen molar-refractivity contribution in [2.24, 2.45) is 0 Å². The second-order valence-corrected chi connectivity index (χ2v) is 4.00. The number of carboxylic acid groups (broad SMARTS) is 2. The van der Waals surface area contributed by atoms with Gasteiger partial charge in [-0.2, -0.15) is 0 Å². The van der Waals surface area contributed by atoms with Gasteiger partial charge in [-0.25, -0.2) is 9.48 Å². The Bertz CT molecular complexity index is 464. The number of carbonyl (C=O) groups is 2. The van der Waals surface area contributed by atoms with Crippen LogP contribution in [0.25, 0.3) is 0 Å². The number of aryl methyl sites for hydroxylation is 1. The maximum atomic E-state index is 11.0. The Balaban J connectivity index is 2.27. The molecule has 18 heavy (non-hydrogen) atoms. The fourth-order valence-electron chi connectivity index (χ4n) is 1.95. The van der Waals surface area contributed by atoms with Gasteiger partial charge in [0.05, 0.1) is 13.0 Å². The summed E-state index contributed by atoms with van der Waals surface area (Å²) in [6.45, 7) is 0.651. The van der Waals surface area contributed by atoms with Crippen LogP contribution in [0.5, 0.6) is 0 Å². The van der Waals surface area contributed by atoms with E-state index < -0.39 is 11.9 Å². The van der Waals surface area contributed by atoms with Gasteiger partial charge in [0.1, 0.15) is 11.8 Å². The number of hydrogen-bond acceptors (Lipinski definition) is 5. The van der Waals surface area contributed by atoms with Crippen molar-refractivity contribution >= 4 is 11.9 Å². The van der Waals surface area contributed by atoms with Crippen LogP contribution in [-0.2, 0) is 16.1 Å². The average Bonchev–Trinajstić information content (AvgIpc) is 2.94. The van der Waals surface area contributed by atoms with Crippen LogP contribution in [0.1, 0.15) is 41.5 Å². The van der Waals surface area contributed by atoms with E-state index in [-0.39, 0.29) is 24.8 Å². The summed E-state index contributed by atoms with van der Waals surface area (Å²) in [5, 5.41) is 24.9. The first-order valence-electron chi connectivity index (χ1n) is 5.59. The predicted octanol–water partition coefficient (Wildman–Crippen LogP) is 0.302. The molecule has 1 aliphatic heterocycles. The van der Waals surface area contributed by atoms with Crippen molar-refractivity contribution in [3.05, 3.63) is 11.4 Å². The van der Waals surface area contributed by atoms with E-state index in [1.54, 1.807) is 0 Å². The summed E-state index contributed by atoms with van der Waals surface area (Å²) in [7, 11) is 0. The maximum absolute atomic E-state index is 11.0. The molecular weight excluding hydrogens is 242 g/mol. The first-order chi connectivity index (χ1) is 8.59. The van der Waals surface area contributed by atoms with Crippen molar-refractivity contribution in [1.82, 2.24) is 15.0 Å². The number of ether oxygens (including phenoxy) is 1. The molecule has 0 amide bonds. The van der Waals surface area contributed by atoms with E-state index in [4.69, 9.17) is 14.9 Å². The number of hydrogen-bond donors (Lipinski definition) is 2. The van der Waals surface area contributed by atoms with Crippen molar-refractivity contribution < 1.29 is 24.5 Å². The summed E-state index contributed by atoms with van der Waals surface area (Å²) >= 11 is 0. The molecule has 1 aliphatic rings. The molecule has 0 aliphatic carbocycles. The third-order valence-corrected chi connectivity index (χ3v) is 2.75. The minimum absolute atomic E-state index is 0.0881. The number of aliphatic carboxylic acids is 1. The summed E-state index contributed by atoms with van der Waals surface area (Å²) in [6.07, 6.45) is 1.04. The molecule has 2 N–H and O–H groups in total. The van der Waals surface area contributed by atoms with Crippen molar-refractivity contribution in [2.45, 2.75) is 31.9 Å². The minimum atomic E-state index is -1.18. The Morgan fingerprint density at radius 1 is 1.44 bits per heavy atom. The summed E-state index contributed by atoms with van der Waals surface area (Å²) in [6, 6.07) is 0. The van der Waals surface area contributed by atoms with Crippen LogP contribution in [0, 0.1) is 0 Å². The van der Waals surface area contributed by atoms with Gasteiger partial charge < -0.3 is 14.9 Å². The molecule has 2 heterocycles. The van der Waals surface area contributed by atoms with Crippen LogP contribution >= 0.6 is 0 Å². The van der Waals surface area contributed by atoms with E-state index in [2.05, 4.69) is 10.3 Å². The van der Waals surface area contributed by atoms with E-state index in [0.29, 0.717) is 18.7 Å². The fourth-order valence-corrected chi connectivity index (χ4v) is 1.95. The Morgan fingerprint density at radius 3 is 2.78 bits per heavy atom. The van der Waals surface area contributed by atoms with Crippen molar-refractivity contribution in [2.75, 3.05) is 6.61 Å². The molecule has 8 heteroatoms. The number of aromatic carboxylic acids is 1. The monoisotopic (exact) mass is 255 g/mol. The second kappa shape index (κ2) is 5.13. The second-order valence-electron chi connectivity index (χ2n) is 4.00. The molecule has 1 aromatic rings. The summed E-state index contributed by atoms with van der Waals surface area (Å²) in [5.74, 6) is -2.15. The van der Waals surface area contributed by atoms with Crippen molar-refractivity contribution in [1.29, 1.82) is 0 Å². The molecule has 0 aromatic carbocycles. The third kappa shape index (κ3) is 2.48. The Kier molecular flexibility index (Phi) is 3.56. The normalized spacial score (nSPS) is 19.0.